The number of aromatic nitrogens is 4. The second kappa shape index (κ2) is 5.87. The van der Waals surface area contributed by atoms with Crippen LogP contribution in [0.2, 0.25) is 0 Å². The summed E-state index contributed by atoms with van der Waals surface area (Å²) in [5, 5.41) is 17.3. The lowest BCUT2D eigenvalue weighted by molar-refractivity contribution is -0.671. The lowest BCUT2D eigenvalue weighted by atomic mass is 9.87. The van der Waals surface area contributed by atoms with Crippen LogP contribution in [-0.2, 0) is 13.5 Å². The average Bonchev–Trinajstić information content (AvgIpc) is 3.07. The molecule has 7 heteroatoms. The largest absolute Gasteiger partial charge is 0.394 e. The van der Waals surface area contributed by atoms with Crippen LogP contribution in [0.25, 0.3) is 5.82 Å². The summed E-state index contributed by atoms with van der Waals surface area (Å²) in [5.74, 6) is 1.64. The van der Waals surface area contributed by atoms with Gasteiger partial charge in [0.25, 0.3) is 5.91 Å². The monoisotopic (exact) mass is 356 g/mol. The Morgan fingerprint density at radius 1 is 1.50 bits per heavy atom. The van der Waals surface area contributed by atoms with Crippen molar-refractivity contribution >= 4 is 5.91 Å². The van der Waals surface area contributed by atoms with Gasteiger partial charge in [0.05, 0.1) is 24.5 Å². The molecule has 3 atom stereocenters. The zero-order valence-corrected chi connectivity index (χ0v) is 15.7. The fourth-order valence-corrected chi connectivity index (χ4v) is 3.82. The number of aryl methyl sites for hydroxylation is 1. The van der Waals surface area contributed by atoms with Gasteiger partial charge in [-0.3, -0.25) is 4.79 Å². The minimum atomic E-state index is -0.320. The topological polar surface area (TPSA) is 83.9 Å². The van der Waals surface area contributed by atoms with Gasteiger partial charge in [0, 0.05) is 11.5 Å². The van der Waals surface area contributed by atoms with Gasteiger partial charge in [0.1, 0.15) is 7.05 Å². The van der Waals surface area contributed by atoms with Crippen LogP contribution in [0.3, 0.4) is 0 Å². The van der Waals surface area contributed by atoms with Crippen molar-refractivity contribution in [2.45, 2.75) is 45.6 Å². The van der Waals surface area contributed by atoms with Crippen LogP contribution in [0.1, 0.15) is 54.9 Å². The molecule has 0 spiro atoms. The number of carbonyl (C=O) groups excluding carboxylic acids is 1. The van der Waals surface area contributed by atoms with E-state index in [1.54, 1.807) is 6.20 Å². The summed E-state index contributed by atoms with van der Waals surface area (Å²) in [5.41, 5.74) is 2.42. The first-order chi connectivity index (χ1) is 12.3. The molecular weight excluding hydrogens is 330 g/mol. The summed E-state index contributed by atoms with van der Waals surface area (Å²) in [6.45, 7) is 5.90. The van der Waals surface area contributed by atoms with Crippen molar-refractivity contribution in [3.8, 4) is 5.82 Å². The maximum absolute atomic E-state index is 12.9. The third kappa shape index (κ3) is 2.80. The molecule has 1 fully saturated rings. The highest BCUT2D eigenvalue weighted by atomic mass is 16.3. The Kier molecular flexibility index (Phi) is 3.87. The summed E-state index contributed by atoms with van der Waals surface area (Å²) in [6.07, 6.45) is 7.59. The van der Waals surface area contributed by atoms with E-state index in [4.69, 9.17) is 0 Å². The number of nitrogens with one attached hydrogen (secondary N) is 1. The van der Waals surface area contributed by atoms with Crippen LogP contribution >= 0.6 is 0 Å². The van der Waals surface area contributed by atoms with Gasteiger partial charge in [-0.2, -0.15) is 5.10 Å². The molecule has 1 saturated carbocycles. The van der Waals surface area contributed by atoms with E-state index in [1.807, 2.05) is 49.5 Å². The van der Waals surface area contributed by atoms with Gasteiger partial charge < -0.3 is 10.4 Å². The SMILES string of the molecule is C[n+]1ccnc(-n2nc(C(=O)N[C@H](CO)C(C)(C)C)c3c2[C@H]2C[C@H]2C3)c1. The zero-order valence-electron chi connectivity index (χ0n) is 15.7. The zero-order chi connectivity index (χ0) is 18.6. The number of nitrogens with zero attached hydrogens (tertiary/aromatic N) is 4. The molecular formula is C19H26N5O2+. The number of fused-ring (bicyclic) bond motifs is 3. The van der Waals surface area contributed by atoms with Gasteiger partial charge in [-0.15, -0.1) is 0 Å². The standard InChI is InChI=1S/C19H25N5O2/c1-19(2,3)14(10-25)21-18(26)16-13-8-11-7-12(11)17(13)24(22-16)15-9-23(4)6-5-20-15/h5-6,9,11-12,14,25H,7-8,10H2,1-4H3/p+1/t11-,12-,14+/m0/s1. The minimum Gasteiger partial charge on any atom is -0.394 e. The molecule has 1 amide bonds. The quantitative estimate of drug-likeness (QED) is 0.797. The molecule has 0 aromatic carbocycles. The first-order valence-corrected chi connectivity index (χ1v) is 9.14. The van der Waals surface area contributed by atoms with Crippen LogP contribution in [0.15, 0.2) is 18.6 Å². The van der Waals surface area contributed by atoms with Gasteiger partial charge in [-0.1, -0.05) is 20.8 Å². The summed E-state index contributed by atoms with van der Waals surface area (Å²) >= 11 is 0. The normalized spacial score (nSPS) is 21.9. The molecule has 26 heavy (non-hydrogen) atoms. The van der Waals surface area contributed by atoms with Gasteiger partial charge in [-0.25, -0.2) is 14.2 Å². The lowest BCUT2D eigenvalue weighted by Gasteiger charge is -2.29. The van der Waals surface area contributed by atoms with Crippen LogP contribution in [0.4, 0.5) is 0 Å². The Labute approximate surface area is 153 Å². The van der Waals surface area contributed by atoms with Gasteiger partial charge in [0.15, 0.2) is 11.9 Å². The maximum atomic E-state index is 12.9. The van der Waals surface area contributed by atoms with Gasteiger partial charge in [0.2, 0.25) is 12.0 Å². The van der Waals surface area contributed by atoms with Crippen LogP contribution in [0.5, 0.6) is 0 Å². The fourth-order valence-electron chi connectivity index (χ4n) is 3.82. The fraction of sp³-hybridized carbons (Fsp3) is 0.579. The third-order valence-corrected chi connectivity index (χ3v) is 5.56. The summed E-state index contributed by atoms with van der Waals surface area (Å²) in [6, 6.07) is -0.320. The van der Waals surface area contributed by atoms with E-state index in [0.717, 1.165) is 23.5 Å². The van der Waals surface area contributed by atoms with E-state index in [9.17, 15) is 9.90 Å². The first kappa shape index (κ1) is 17.1. The molecule has 2 aromatic heterocycles. The van der Waals surface area contributed by atoms with Crippen molar-refractivity contribution in [3.63, 3.8) is 0 Å². The van der Waals surface area contributed by atoms with Crippen LogP contribution < -0.4 is 9.88 Å². The Morgan fingerprint density at radius 3 is 2.92 bits per heavy atom. The summed E-state index contributed by atoms with van der Waals surface area (Å²) in [7, 11) is 1.94. The van der Waals surface area contributed by atoms with Crippen LogP contribution in [-0.4, -0.2) is 38.4 Å². The predicted molar refractivity (Wildman–Crippen MR) is 94.9 cm³/mol. The van der Waals surface area contributed by atoms with E-state index in [2.05, 4.69) is 15.4 Å². The van der Waals surface area contributed by atoms with E-state index in [-0.39, 0.29) is 24.0 Å². The summed E-state index contributed by atoms with van der Waals surface area (Å²) < 4.78 is 3.77. The first-order valence-electron chi connectivity index (χ1n) is 9.14. The number of aliphatic hydroxyl groups is 1. The Hall–Kier alpha value is -2.28. The number of aliphatic hydroxyl groups excluding tert-OH is 1. The lowest BCUT2D eigenvalue weighted by Crippen LogP contribution is -2.46. The maximum Gasteiger partial charge on any atom is 0.272 e. The molecule has 0 unspecified atom stereocenters. The second-order valence-electron chi connectivity index (χ2n) is 8.59. The average molecular weight is 356 g/mol. The van der Waals surface area contributed by atoms with E-state index in [1.165, 1.54) is 6.42 Å². The van der Waals surface area contributed by atoms with Gasteiger partial charge in [-0.05, 0) is 24.2 Å². The molecule has 2 N–H and O–H groups in total. The molecule has 0 bridgehead atoms. The summed E-state index contributed by atoms with van der Waals surface area (Å²) in [4.78, 5) is 17.4. The molecule has 0 radical (unpaired) electrons. The smallest absolute Gasteiger partial charge is 0.272 e. The number of carbonyl (C=O) groups is 1. The van der Waals surface area contributed by atoms with E-state index >= 15 is 0 Å². The highest BCUT2D eigenvalue weighted by Crippen LogP contribution is 2.57. The molecule has 4 rings (SSSR count). The minimum absolute atomic E-state index is 0.0978. The van der Waals surface area contributed by atoms with E-state index < -0.39 is 0 Å². The van der Waals surface area contributed by atoms with Crippen molar-refractivity contribution in [1.29, 1.82) is 0 Å². The molecule has 138 valence electrons. The molecule has 7 nitrogen and oxygen atoms in total. The van der Waals surface area contributed by atoms with E-state index in [0.29, 0.717) is 17.5 Å². The van der Waals surface area contributed by atoms with Crippen molar-refractivity contribution in [3.05, 3.63) is 35.5 Å². The third-order valence-electron chi connectivity index (χ3n) is 5.56. The number of hydrogen-bond acceptors (Lipinski definition) is 4. The molecule has 2 aromatic rings. The number of hydrogen-bond donors (Lipinski definition) is 2. The molecule has 2 aliphatic rings. The number of amides is 1. The molecule has 0 aliphatic heterocycles. The number of rotatable bonds is 4. The Morgan fingerprint density at radius 2 is 2.27 bits per heavy atom. The predicted octanol–water partition coefficient (Wildman–Crippen LogP) is 0.888. The van der Waals surface area contributed by atoms with Crippen LogP contribution in [0, 0.1) is 11.3 Å². The Bertz CT molecular complexity index is 867. The molecule has 0 saturated heterocycles. The Balaban J connectivity index is 1.71. The second-order valence-corrected chi connectivity index (χ2v) is 8.59. The van der Waals surface area contributed by atoms with Crippen molar-refractivity contribution in [2.24, 2.45) is 18.4 Å². The van der Waals surface area contributed by atoms with Crippen molar-refractivity contribution < 1.29 is 14.5 Å². The highest BCUT2D eigenvalue weighted by molar-refractivity contribution is 5.94. The molecule has 2 heterocycles. The van der Waals surface area contributed by atoms with Crippen molar-refractivity contribution in [1.82, 2.24) is 20.1 Å². The highest BCUT2D eigenvalue weighted by Gasteiger charge is 2.50. The molecule has 2 aliphatic carbocycles. The van der Waals surface area contributed by atoms with Crippen molar-refractivity contribution in [2.75, 3.05) is 6.61 Å². The van der Waals surface area contributed by atoms with Gasteiger partial charge >= 0.3 is 0 Å².